The monoisotopic (exact) mass is 173 g/mol. The van der Waals surface area contributed by atoms with Crippen LogP contribution in [-0.4, -0.2) is 48.2 Å². The molecule has 68 valence electrons. The summed E-state index contributed by atoms with van der Waals surface area (Å²) in [5, 5.41) is 8.44. The Morgan fingerprint density at radius 1 is 1.67 bits per heavy atom. The molecule has 1 heterocycles. The van der Waals surface area contributed by atoms with Gasteiger partial charge in [-0.05, 0) is 0 Å². The zero-order valence-corrected chi connectivity index (χ0v) is 6.60. The molecular formula is C7H11NO4. The molecule has 0 bridgehead atoms. The van der Waals surface area contributed by atoms with Gasteiger partial charge in [0.25, 0.3) is 0 Å². The van der Waals surface area contributed by atoms with E-state index < -0.39 is 6.09 Å². The minimum absolute atomic E-state index is 0.0129. The smallest absolute Gasteiger partial charge is 0.407 e. The van der Waals surface area contributed by atoms with E-state index in [2.05, 4.69) is 0 Å². The fraction of sp³-hybridized carbons (Fsp3) is 0.714. The summed E-state index contributed by atoms with van der Waals surface area (Å²) in [5.41, 5.74) is 0. The number of hydrogen-bond donors (Lipinski definition) is 1. The molecule has 1 fully saturated rings. The fourth-order valence-electron chi connectivity index (χ4n) is 0.983. The van der Waals surface area contributed by atoms with Crippen molar-refractivity contribution >= 4 is 12.4 Å². The fourth-order valence-corrected chi connectivity index (χ4v) is 0.983. The third kappa shape index (κ3) is 2.20. The van der Waals surface area contributed by atoms with Crippen LogP contribution in [0.25, 0.3) is 0 Å². The van der Waals surface area contributed by atoms with Crippen LogP contribution in [-0.2, 0) is 9.53 Å². The highest BCUT2D eigenvalue weighted by Gasteiger charge is 2.30. The van der Waals surface area contributed by atoms with E-state index >= 15 is 0 Å². The first-order valence-electron chi connectivity index (χ1n) is 3.77. The van der Waals surface area contributed by atoms with Crippen molar-refractivity contribution in [1.82, 2.24) is 4.90 Å². The lowest BCUT2D eigenvalue weighted by Crippen LogP contribution is -2.54. The van der Waals surface area contributed by atoms with Crippen molar-refractivity contribution in [2.75, 3.05) is 19.7 Å². The molecule has 1 saturated heterocycles. The lowest BCUT2D eigenvalue weighted by atomic mass is 10.2. The maximum Gasteiger partial charge on any atom is 0.407 e. The average Bonchev–Trinajstić information content (AvgIpc) is 1.93. The van der Waals surface area contributed by atoms with Crippen LogP contribution in [0.15, 0.2) is 0 Å². The van der Waals surface area contributed by atoms with E-state index in [4.69, 9.17) is 9.84 Å². The van der Waals surface area contributed by atoms with Crippen molar-refractivity contribution in [3.63, 3.8) is 0 Å². The molecule has 0 unspecified atom stereocenters. The van der Waals surface area contributed by atoms with E-state index in [-0.39, 0.29) is 6.10 Å². The molecular weight excluding hydrogens is 162 g/mol. The molecule has 12 heavy (non-hydrogen) atoms. The Labute approximate surface area is 69.9 Å². The number of aldehydes is 1. The van der Waals surface area contributed by atoms with E-state index in [0.717, 1.165) is 6.29 Å². The molecule has 0 saturated carbocycles. The second-order valence-corrected chi connectivity index (χ2v) is 2.64. The van der Waals surface area contributed by atoms with Gasteiger partial charge in [0, 0.05) is 6.42 Å². The topological polar surface area (TPSA) is 66.8 Å². The summed E-state index contributed by atoms with van der Waals surface area (Å²) in [7, 11) is 0. The highest BCUT2D eigenvalue weighted by molar-refractivity contribution is 5.66. The van der Waals surface area contributed by atoms with Gasteiger partial charge in [-0.3, -0.25) is 0 Å². The first-order valence-corrected chi connectivity index (χ1v) is 3.77. The maximum atomic E-state index is 10.3. The minimum atomic E-state index is -0.912. The van der Waals surface area contributed by atoms with Crippen molar-refractivity contribution in [1.29, 1.82) is 0 Å². The normalized spacial score (nSPS) is 17.2. The van der Waals surface area contributed by atoms with Gasteiger partial charge in [0.15, 0.2) is 0 Å². The van der Waals surface area contributed by atoms with Crippen molar-refractivity contribution in [3.05, 3.63) is 0 Å². The van der Waals surface area contributed by atoms with E-state index in [0.29, 0.717) is 26.1 Å². The summed E-state index contributed by atoms with van der Waals surface area (Å²) in [4.78, 5) is 21.4. The molecule has 0 aromatic heterocycles. The second kappa shape index (κ2) is 4.06. The Bertz CT molecular complexity index is 176. The van der Waals surface area contributed by atoms with Crippen LogP contribution < -0.4 is 0 Å². The third-order valence-electron chi connectivity index (χ3n) is 1.71. The predicted molar refractivity (Wildman–Crippen MR) is 40.0 cm³/mol. The van der Waals surface area contributed by atoms with Gasteiger partial charge in [-0.2, -0.15) is 0 Å². The molecule has 1 amide bonds. The molecule has 0 atom stereocenters. The Hall–Kier alpha value is -1.10. The summed E-state index contributed by atoms with van der Waals surface area (Å²) in [5.74, 6) is 0. The van der Waals surface area contributed by atoms with Gasteiger partial charge in [0.05, 0.1) is 25.8 Å². The maximum absolute atomic E-state index is 10.3. The quantitative estimate of drug-likeness (QED) is 0.478. The second-order valence-electron chi connectivity index (χ2n) is 2.64. The van der Waals surface area contributed by atoms with E-state index in [1.165, 1.54) is 4.90 Å². The molecule has 0 aliphatic carbocycles. The average molecular weight is 173 g/mol. The number of ether oxygens (including phenoxy) is 1. The van der Waals surface area contributed by atoms with Gasteiger partial charge >= 0.3 is 6.09 Å². The first-order chi connectivity index (χ1) is 5.74. The van der Waals surface area contributed by atoms with Crippen molar-refractivity contribution in [3.8, 4) is 0 Å². The Morgan fingerprint density at radius 2 is 2.33 bits per heavy atom. The van der Waals surface area contributed by atoms with Gasteiger partial charge in [0.2, 0.25) is 0 Å². The van der Waals surface area contributed by atoms with E-state index in [1.807, 2.05) is 0 Å². The molecule has 1 aliphatic heterocycles. The molecule has 1 aliphatic rings. The number of rotatable bonds is 4. The predicted octanol–water partition coefficient (Wildman–Crippen LogP) is -0.0458. The summed E-state index contributed by atoms with van der Waals surface area (Å²) >= 11 is 0. The Morgan fingerprint density at radius 3 is 2.83 bits per heavy atom. The lowest BCUT2D eigenvalue weighted by Gasteiger charge is -2.36. The first kappa shape index (κ1) is 8.99. The number of carbonyl (C=O) groups is 2. The molecule has 0 aromatic carbocycles. The third-order valence-corrected chi connectivity index (χ3v) is 1.71. The van der Waals surface area contributed by atoms with Gasteiger partial charge < -0.3 is 19.5 Å². The van der Waals surface area contributed by atoms with Crippen LogP contribution in [0.2, 0.25) is 0 Å². The zero-order chi connectivity index (χ0) is 8.97. The van der Waals surface area contributed by atoms with Gasteiger partial charge in [0.1, 0.15) is 6.29 Å². The van der Waals surface area contributed by atoms with E-state index in [9.17, 15) is 9.59 Å². The van der Waals surface area contributed by atoms with Gasteiger partial charge in [-0.25, -0.2) is 4.79 Å². The van der Waals surface area contributed by atoms with Gasteiger partial charge in [-0.15, -0.1) is 0 Å². The molecule has 1 N–H and O–H groups in total. The summed E-state index contributed by atoms with van der Waals surface area (Å²) in [6.45, 7) is 1.24. The molecule has 0 spiro atoms. The zero-order valence-electron chi connectivity index (χ0n) is 6.60. The highest BCUT2D eigenvalue weighted by Crippen LogP contribution is 2.11. The number of amides is 1. The number of carbonyl (C=O) groups excluding carboxylic acids is 1. The molecule has 5 heteroatoms. The lowest BCUT2D eigenvalue weighted by molar-refractivity contribution is -0.110. The SMILES string of the molecule is O=CCCOC1CN(C(=O)O)C1. The Kier molecular flexibility index (Phi) is 3.04. The van der Waals surface area contributed by atoms with Crippen molar-refractivity contribution in [2.45, 2.75) is 12.5 Å². The number of nitrogens with zero attached hydrogens (tertiary/aromatic N) is 1. The largest absolute Gasteiger partial charge is 0.465 e. The summed E-state index contributed by atoms with van der Waals surface area (Å²) in [6, 6.07) is 0. The van der Waals surface area contributed by atoms with Crippen LogP contribution in [0.4, 0.5) is 4.79 Å². The van der Waals surface area contributed by atoms with E-state index in [1.54, 1.807) is 0 Å². The van der Waals surface area contributed by atoms with Crippen LogP contribution >= 0.6 is 0 Å². The number of carboxylic acid groups (broad SMARTS) is 1. The molecule has 1 rings (SSSR count). The van der Waals surface area contributed by atoms with Crippen LogP contribution in [0.3, 0.4) is 0 Å². The number of likely N-dealkylation sites (tertiary alicyclic amines) is 1. The van der Waals surface area contributed by atoms with Crippen molar-refractivity contribution < 1.29 is 19.4 Å². The highest BCUT2D eigenvalue weighted by atomic mass is 16.5. The Balaban J connectivity index is 2.02. The molecule has 5 nitrogen and oxygen atoms in total. The standard InChI is InChI=1S/C7H11NO4/c9-2-1-3-12-6-4-8(5-6)7(10)11/h2,6H,1,3-5H2,(H,10,11). The molecule has 0 radical (unpaired) electrons. The van der Waals surface area contributed by atoms with Gasteiger partial charge in [-0.1, -0.05) is 0 Å². The van der Waals surface area contributed by atoms with Crippen molar-refractivity contribution in [2.24, 2.45) is 0 Å². The minimum Gasteiger partial charge on any atom is -0.465 e. The van der Waals surface area contributed by atoms with Crippen LogP contribution in [0, 0.1) is 0 Å². The van der Waals surface area contributed by atoms with Crippen LogP contribution in [0.1, 0.15) is 6.42 Å². The summed E-state index contributed by atoms with van der Waals surface area (Å²) in [6.07, 6.45) is 0.239. The number of hydrogen-bond acceptors (Lipinski definition) is 3. The molecule has 0 aromatic rings. The summed E-state index contributed by atoms with van der Waals surface area (Å²) < 4.78 is 5.16. The van der Waals surface area contributed by atoms with Crippen LogP contribution in [0.5, 0.6) is 0 Å².